The summed E-state index contributed by atoms with van der Waals surface area (Å²) < 4.78 is 42.5. The van der Waals surface area contributed by atoms with Gasteiger partial charge in [-0.05, 0) is 18.2 Å². The molecule has 1 aromatic carbocycles. The smallest absolute Gasteiger partial charge is 0.417 e. The number of amides is 3. The molecule has 3 amide bonds. The highest BCUT2D eigenvalue weighted by molar-refractivity contribution is 6.33. The van der Waals surface area contributed by atoms with E-state index in [-0.39, 0.29) is 29.9 Å². The minimum atomic E-state index is -4.64. The van der Waals surface area contributed by atoms with Gasteiger partial charge in [0.15, 0.2) is 12.4 Å². The fourth-order valence-electron chi connectivity index (χ4n) is 2.72. The predicted molar refractivity (Wildman–Crippen MR) is 100 cm³/mol. The van der Waals surface area contributed by atoms with Gasteiger partial charge in [-0.15, -0.1) is 0 Å². The summed E-state index contributed by atoms with van der Waals surface area (Å²) in [7, 11) is 0. The summed E-state index contributed by atoms with van der Waals surface area (Å²) in [5.41, 5.74) is -0.614. The summed E-state index contributed by atoms with van der Waals surface area (Å²) >= 11 is 5.68. The van der Waals surface area contributed by atoms with Crippen LogP contribution in [0.4, 0.5) is 19.0 Å². The first-order valence-electron chi connectivity index (χ1n) is 8.71. The van der Waals surface area contributed by atoms with Crippen LogP contribution in [0, 0.1) is 0 Å². The molecule has 31 heavy (non-hydrogen) atoms. The molecule has 12 heteroatoms. The fraction of sp³-hybridized carbons (Fsp3) is 0.211. The van der Waals surface area contributed by atoms with E-state index in [1.165, 1.54) is 12.1 Å². The van der Waals surface area contributed by atoms with E-state index in [2.05, 4.69) is 10.3 Å². The molecule has 0 spiro atoms. The second-order valence-corrected chi connectivity index (χ2v) is 6.73. The molecule has 2 heterocycles. The SMILES string of the molecule is O=C(COC(=O)CCN1C(=O)c2ccccc2C1=O)Nc1ncc(C(F)(F)F)cc1Cl. The van der Waals surface area contributed by atoms with Crippen LogP contribution in [0.5, 0.6) is 0 Å². The number of hydrogen-bond acceptors (Lipinski definition) is 6. The summed E-state index contributed by atoms with van der Waals surface area (Å²) in [6.07, 6.45) is -4.50. The number of carbonyl (C=O) groups excluding carboxylic acids is 4. The molecule has 1 aromatic heterocycles. The molecule has 1 N–H and O–H groups in total. The van der Waals surface area contributed by atoms with E-state index in [9.17, 15) is 32.3 Å². The standard InChI is InChI=1S/C19H13ClF3N3O5/c20-13-7-10(19(21,22)23)8-24-16(13)25-14(27)9-31-15(28)5-6-26-17(29)11-3-1-2-4-12(11)18(26)30/h1-4,7-8H,5-6,9H2,(H,24,25,27). The number of benzene rings is 1. The lowest BCUT2D eigenvalue weighted by molar-refractivity contribution is -0.147. The lowest BCUT2D eigenvalue weighted by atomic mass is 10.1. The average molecular weight is 456 g/mol. The van der Waals surface area contributed by atoms with Gasteiger partial charge in [0.25, 0.3) is 17.7 Å². The van der Waals surface area contributed by atoms with Gasteiger partial charge < -0.3 is 10.1 Å². The number of carbonyl (C=O) groups is 4. The molecule has 0 saturated heterocycles. The zero-order valence-electron chi connectivity index (χ0n) is 15.5. The summed E-state index contributed by atoms with van der Waals surface area (Å²) in [5.74, 6) is -3.15. The van der Waals surface area contributed by atoms with Crippen molar-refractivity contribution < 1.29 is 37.1 Å². The van der Waals surface area contributed by atoms with E-state index >= 15 is 0 Å². The van der Waals surface area contributed by atoms with Crippen molar-refractivity contribution in [2.75, 3.05) is 18.5 Å². The Labute approximate surface area is 177 Å². The number of alkyl halides is 3. The van der Waals surface area contributed by atoms with Crippen molar-refractivity contribution in [3.63, 3.8) is 0 Å². The normalized spacial score (nSPS) is 13.2. The number of hydrogen-bond donors (Lipinski definition) is 1. The average Bonchev–Trinajstić information content (AvgIpc) is 2.96. The molecule has 8 nitrogen and oxygen atoms in total. The van der Waals surface area contributed by atoms with Gasteiger partial charge >= 0.3 is 12.1 Å². The number of pyridine rings is 1. The Hall–Kier alpha value is -3.47. The molecule has 0 bridgehead atoms. The molecule has 0 fully saturated rings. The molecular formula is C19H13ClF3N3O5. The molecular weight excluding hydrogens is 443 g/mol. The van der Waals surface area contributed by atoms with E-state index in [1.54, 1.807) is 12.1 Å². The Morgan fingerprint density at radius 2 is 1.74 bits per heavy atom. The van der Waals surface area contributed by atoms with Gasteiger partial charge in [0.1, 0.15) is 0 Å². The Kier molecular flexibility index (Phi) is 6.25. The Morgan fingerprint density at radius 1 is 1.13 bits per heavy atom. The monoisotopic (exact) mass is 455 g/mol. The van der Waals surface area contributed by atoms with Crippen LogP contribution >= 0.6 is 11.6 Å². The third-order valence-corrected chi connectivity index (χ3v) is 4.50. The number of esters is 1. The number of aromatic nitrogens is 1. The highest BCUT2D eigenvalue weighted by Crippen LogP contribution is 2.32. The second-order valence-electron chi connectivity index (χ2n) is 6.32. The zero-order chi connectivity index (χ0) is 22.8. The number of ether oxygens (including phenoxy) is 1. The Balaban J connectivity index is 1.48. The lowest BCUT2D eigenvalue weighted by Gasteiger charge is -2.13. The molecule has 0 aliphatic carbocycles. The number of fused-ring (bicyclic) bond motifs is 1. The second kappa shape index (κ2) is 8.72. The molecule has 1 aliphatic rings. The van der Waals surface area contributed by atoms with Crippen molar-refractivity contribution in [3.8, 4) is 0 Å². The van der Waals surface area contributed by atoms with Crippen molar-refractivity contribution in [2.24, 2.45) is 0 Å². The third-order valence-electron chi connectivity index (χ3n) is 4.21. The number of rotatable bonds is 6. The molecule has 0 saturated carbocycles. The van der Waals surface area contributed by atoms with Gasteiger partial charge in [0, 0.05) is 12.7 Å². The van der Waals surface area contributed by atoms with E-state index in [4.69, 9.17) is 16.3 Å². The van der Waals surface area contributed by atoms with E-state index < -0.39 is 47.1 Å². The molecule has 2 aromatic rings. The summed E-state index contributed by atoms with van der Waals surface area (Å²) in [5, 5.41) is 1.68. The van der Waals surface area contributed by atoms with Crippen LogP contribution in [-0.2, 0) is 20.5 Å². The highest BCUT2D eigenvalue weighted by Gasteiger charge is 2.35. The summed E-state index contributed by atoms with van der Waals surface area (Å²) in [4.78, 5) is 52.4. The quantitative estimate of drug-likeness (QED) is 0.530. The molecule has 0 unspecified atom stereocenters. The molecule has 162 valence electrons. The molecule has 3 rings (SSSR count). The minimum absolute atomic E-state index is 0.237. The number of nitrogens with zero attached hydrogens (tertiary/aromatic N) is 2. The molecule has 0 radical (unpaired) electrons. The maximum Gasteiger partial charge on any atom is 0.417 e. The van der Waals surface area contributed by atoms with Gasteiger partial charge in [-0.3, -0.25) is 24.1 Å². The number of halogens is 4. The first-order valence-corrected chi connectivity index (χ1v) is 9.09. The van der Waals surface area contributed by atoms with Gasteiger partial charge in [-0.1, -0.05) is 23.7 Å². The first kappa shape index (κ1) is 22.2. The summed E-state index contributed by atoms with van der Waals surface area (Å²) in [6, 6.07) is 6.81. The number of nitrogens with one attached hydrogen (secondary N) is 1. The largest absolute Gasteiger partial charge is 0.456 e. The fourth-order valence-corrected chi connectivity index (χ4v) is 2.93. The Bertz CT molecular complexity index is 1040. The maximum absolute atomic E-state index is 12.6. The van der Waals surface area contributed by atoms with Gasteiger partial charge in [-0.25, -0.2) is 4.98 Å². The maximum atomic E-state index is 12.6. The van der Waals surface area contributed by atoms with E-state index in [0.717, 1.165) is 4.90 Å². The zero-order valence-corrected chi connectivity index (χ0v) is 16.3. The topological polar surface area (TPSA) is 106 Å². The molecule has 1 aliphatic heterocycles. The van der Waals surface area contributed by atoms with Gasteiger partial charge in [0.05, 0.1) is 28.1 Å². The van der Waals surface area contributed by atoms with Crippen molar-refractivity contribution in [1.29, 1.82) is 0 Å². The van der Waals surface area contributed by atoms with E-state index in [1.807, 2.05) is 0 Å². The van der Waals surface area contributed by atoms with Crippen LogP contribution in [0.1, 0.15) is 32.7 Å². The highest BCUT2D eigenvalue weighted by atomic mass is 35.5. The van der Waals surface area contributed by atoms with Crippen molar-refractivity contribution in [1.82, 2.24) is 9.88 Å². The predicted octanol–water partition coefficient (Wildman–Crippen LogP) is 2.92. The number of anilines is 1. The Morgan fingerprint density at radius 3 is 2.29 bits per heavy atom. The minimum Gasteiger partial charge on any atom is -0.456 e. The molecule has 0 atom stereocenters. The third kappa shape index (κ3) is 5.00. The van der Waals surface area contributed by atoms with Gasteiger partial charge in [0.2, 0.25) is 0 Å². The van der Waals surface area contributed by atoms with Gasteiger partial charge in [-0.2, -0.15) is 13.2 Å². The van der Waals surface area contributed by atoms with Crippen molar-refractivity contribution in [3.05, 3.63) is 58.2 Å². The van der Waals surface area contributed by atoms with Crippen LogP contribution in [0.2, 0.25) is 5.02 Å². The van der Waals surface area contributed by atoms with Crippen molar-refractivity contribution in [2.45, 2.75) is 12.6 Å². The number of imide groups is 1. The van der Waals surface area contributed by atoms with E-state index in [0.29, 0.717) is 12.3 Å². The van der Waals surface area contributed by atoms with Crippen LogP contribution in [-0.4, -0.2) is 46.7 Å². The first-order chi connectivity index (χ1) is 14.6. The van der Waals surface area contributed by atoms with Crippen LogP contribution in [0.15, 0.2) is 36.5 Å². The lowest BCUT2D eigenvalue weighted by Crippen LogP contribution is -2.32. The van der Waals surface area contributed by atoms with Crippen LogP contribution < -0.4 is 5.32 Å². The van der Waals surface area contributed by atoms with Crippen LogP contribution in [0.25, 0.3) is 0 Å². The van der Waals surface area contributed by atoms with Crippen LogP contribution in [0.3, 0.4) is 0 Å². The summed E-state index contributed by atoms with van der Waals surface area (Å²) in [6.45, 7) is -1.00. The van der Waals surface area contributed by atoms with Crippen molar-refractivity contribution >= 4 is 41.1 Å².